The summed E-state index contributed by atoms with van der Waals surface area (Å²) in [6.45, 7) is 10.3. The van der Waals surface area contributed by atoms with Gasteiger partial charge in [0, 0.05) is 30.0 Å². The van der Waals surface area contributed by atoms with Gasteiger partial charge in [-0.2, -0.15) is 0 Å². The molecule has 2 unspecified atom stereocenters. The van der Waals surface area contributed by atoms with Crippen LogP contribution >= 0.6 is 15.9 Å². The van der Waals surface area contributed by atoms with Gasteiger partial charge >= 0.3 is 6.09 Å². The number of alkyl halides is 1. The Morgan fingerprint density at radius 3 is 2.58 bits per heavy atom. The van der Waals surface area contributed by atoms with Gasteiger partial charge in [0.2, 0.25) is 0 Å². The Hall–Kier alpha value is -1.14. The smallest absolute Gasteiger partial charge is 0.410 e. The summed E-state index contributed by atoms with van der Waals surface area (Å²) in [6, 6.07) is 3.91. The molecule has 1 saturated heterocycles. The number of hydrogen-bond donors (Lipinski definition) is 1. The zero-order chi connectivity index (χ0) is 18.1. The number of ether oxygens (including phenoxy) is 1. The molecule has 0 saturated carbocycles. The number of likely N-dealkylation sites (tertiary alicyclic amines) is 1. The zero-order valence-corrected chi connectivity index (χ0v) is 16.6. The Bertz CT molecular complexity index is 593. The van der Waals surface area contributed by atoms with E-state index < -0.39 is 11.2 Å². The molecular formula is C18H27BrN2O3. The maximum absolute atomic E-state index is 12.3. The quantitative estimate of drug-likeness (QED) is 0.769. The van der Waals surface area contributed by atoms with Crippen LogP contribution in [0.25, 0.3) is 0 Å². The largest absolute Gasteiger partial charge is 0.444 e. The van der Waals surface area contributed by atoms with E-state index in [4.69, 9.17) is 4.74 Å². The summed E-state index contributed by atoms with van der Waals surface area (Å²) in [7, 11) is 0. The van der Waals surface area contributed by atoms with Crippen molar-refractivity contribution in [1.82, 2.24) is 9.88 Å². The van der Waals surface area contributed by atoms with Crippen LogP contribution in [0.4, 0.5) is 4.79 Å². The first-order chi connectivity index (χ1) is 11.0. The fourth-order valence-corrected chi connectivity index (χ4v) is 3.87. The number of amides is 1. The second-order valence-corrected chi connectivity index (χ2v) is 9.01. The fourth-order valence-electron chi connectivity index (χ4n) is 2.98. The summed E-state index contributed by atoms with van der Waals surface area (Å²) in [5.41, 5.74) is 0.250. The molecule has 2 atom stereocenters. The molecule has 1 fully saturated rings. The van der Waals surface area contributed by atoms with Crippen LogP contribution in [-0.4, -0.2) is 44.6 Å². The molecule has 1 N–H and O–H groups in total. The number of carbonyl (C=O) groups excluding carboxylic acids is 1. The fraction of sp³-hybridized carbons (Fsp3) is 0.667. The molecule has 1 amide bonds. The Balaban J connectivity index is 2.14. The van der Waals surface area contributed by atoms with Crippen molar-refractivity contribution in [2.45, 2.75) is 63.0 Å². The molecule has 5 nitrogen and oxygen atoms in total. The van der Waals surface area contributed by atoms with Crippen LogP contribution in [-0.2, 0) is 10.3 Å². The van der Waals surface area contributed by atoms with Gasteiger partial charge in [-0.15, -0.1) is 0 Å². The van der Waals surface area contributed by atoms with Gasteiger partial charge in [0.1, 0.15) is 11.2 Å². The number of carbonyl (C=O) groups is 1. The Labute approximate surface area is 152 Å². The molecule has 24 heavy (non-hydrogen) atoms. The van der Waals surface area contributed by atoms with Gasteiger partial charge in [0.25, 0.3) is 0 Å². The molecule has 1 aliphatic rings. The topological polar surface area (TPSA) is 62.7 Å². The van der Waals surface area contributed by atoms with Crippen molar-refractivity contribution in [3.63, 3.8) is 0 Å². The molecular weight excluding hydrogens is 372 g/mol. The lowest BCUT2D eigenvalue weighted by Gasteiger charge is -2.38. The van der Waals surface area contributed by atoms with Crippen molar-refractivity contribution in [3.05, 3.63) is 29.6 Å². The third-order valence-electron chi connectivity index (χ3n) is 4.01. The average Bonchev–Trinajstić information content (AvgIpc) is 2.44. The number of nitrogens with zero attached hydrogens (tertiary/aromatic N) is 2. The van der Waals surface area contributed by atoms with Crippen LogP contribution in [0.2, 0.25) is 0 Å². The number of hydrogen-bond acceptors (Lipinski definition) is 4. The molecule has 0 aliphatic carbocycles. The van der Waals surface area contributed by atoms with Gasteiger partial charge < -0.3 is 14.7 Å². The number of halogens is 1. The lowest BCUT2D eigenvalue weighted by atomic mass is 9.85. The molecule has 0 bridgehead atoms. The third kappa shape index (κ3) is 4.70. The molecule has 6 heteroatoms. The van der Waals surface area contributed by atoms with Crippen molar-refractivity contribution in [1.29, 1.82) is 0 Å². The van der Waals surface area contributed by atoms with Crippen molar-refractivity contribution in [3.8, 4) is 0 Å². The molecule has 0 aromatic carbocycles. The first kappa shape index (κ1) is 19.2. The van der Waals surface area contributed by atoms with Gasteiger partial charge in [-0.3, -0.25) is 4.98 Å². The van der Waals surface area contributed by atoms with Crippen LogP contribution in [0.1, 0.15) is 58.2 Å². The van der Waals surface area contributed by atoms with Crippen LogP contribution in [0.5, 0.6) is 0 Å². The van der Waals surface area contributed by atoms with Crippen molar-refractivity contribution < 1.29 is 14.6 Å². The van der Waals surface area contributed by atoms with E-state index in [0.717, 1.165) is 12.0 Å². The molecule has 0 radical (unpaired) electrons. The van der Waals surface area contributed by atoms with Crippen molar-refractivity contribution in [2.24, 2.45) is 0 Å². The van der Waals surface area contributed by atoms with Crippen LogP contribution < -0.4 is 0 Å². The predicted molar refractivity (Wildman–Crippen MR) is 97.4 cm³/mol. The van der Waals surface area contributed by atoms with Gasteiger partial charge in [0.15, 0.2) is 0 Å². The second kappa shape index (κ2) is 7.00. The standard InChI is InChI=1S/C18H27BrN2O3/c1-17(2,3)24-16(22)21-10-8-12(14(19)11-21)13-7-6-9-20-15(13)18(4,5)23/h6-7,9,12,14,23H,8,10-11H2,1-5H3. The summed E-state index contributed by atoms with van der Waals surface area (Å²) in [5, 5.41) is 10.4. The lowest BCUT2D eigenvalue weighted by Crippen LogP contribution is -2.46. The number of pyridine rings is 1. The summed E-state index contributed by atoms with van der Waals surface area (Å²) in [6.07, 6.45) is 2.22. The number of aromatic nitrogens is 1. The molecule has 0 spiro atoms. The van der Waals surface area contributed by atoms with Crippen molar-refractivity contribution >= 4 is 22.0 Å². The van der Waals surface area contributed by atoms with Crippen LogP contribution in [0.15, 0.2) is 18.3 Å². The van der Waals surface area contributed by atoms with Gasteiger partial charge in [0.05, 0.1) is 5.69 Å². The molecule has 134 valence electrons. The van der Waals surface area contributed by atoms with E-state index in [1.807, 2.05) is 32.9 Å². The zero-order valence-electron chi connectivity index (χ0n) is 15.0. The van der Waals surface area contributed by atoms with E-state index in [1.165, 1.54) is 0 Å². The van der Waals surface area contributed by atoms with E-state index in [2.05, 4.69) is 20.9 Å². The minimum Gasteiger partial charge on any atom is -0.444 e. The minimum absolute atomic E-state index is 0.0871. The monoisotopic (exact) mass is 398 g/mol. The van der Waals surface area contributed by atoms with Gasteiger partial charge in [-0.05, 0) is 52.7 Å². The molecule has 2 rings (SSSR count). The molecule has 1 aliphatic heterocycles. The summed E-state index contributed by atoms with van der Waals surface area (Å²) >= 11 is 3.72. The van der Waals surface area contributed by atoms with E-state index in [-0.39, 0.29) is 16.8 Å². The van der Waals surface area contributed by atoms with Crippen molar-refractivity contribution in [2.75, 3.05) is 13.1 Å². The number of piperidine rings is 1. The Kier molecular flexibility index (Phi) is 5.60. The SMILES string of the molecule is CC(C)(C)OC(=O)N1CCC(c2cccnc2C(C)(C)O)C(Br)C1. The number of aliphatic hydroxyl groups is 1. The number of rotatable bonds is 2. The average molecular weight is 399 g/mol. The summed E-state index contributed by atoms with van der Waals surface area (Å²) in [5.74, 6) is 0.193. The highest BCUT2D eigenvalue weighted by molar-refractivity contribution is 9.09. The minimum atomic E-state index is -0.994. The van der Waals surface area contributed by atoms with E-state index in [1.54, 1.807) is 24.9 Å². The van der Waals surface area contributed by atoms with E-state index in [9.17, 15) is 9.90 Å². The lowest BCUT2D eigenvalue weighted by molar-refractivity contribution is 0.0209. The maximum Gasteiger partial charge on any atom is 0.410 e. The molecule has 2 heterocycles. The van der Waals surface area contributed by atoms with Crippen LogP contribution in [0, 0.1) is 0 Å². The first-order valence-electron chi connectivity index (χ1n) is 8.29. The first-order valence-corrected chi connectivity index (χ1v) is 9.20. The second-order valence-electron chi connectivity index (χ2n) is 7.84. The molecule has 1 aromatic heterocycles. The van der Waals surface area contributed by atoms with E-state index >= 15 is 0 Å². The Morgan fingerprint density at radius 2 is 2.04 bits per heavy atom. The summed E-state index contributed by atoms with van der Waals surface area (Å²) < 4.78 is 5.46. The normalized spacial score (nSPS) is 22.4. The highest BCUT2D eigenvalue weighted by Gasteiger charge is 2.35. The predicted octanol–water partition coefficient (Wildman–Crippen LogP) is 3.80. The van der Waals surface area contributed by atoms with Gasteiger partial charge in [-0.1, -0.05) is 22.0 Å². The Morgan fingerprint density at radius 1 is 1.38 bits per heavy atom. The maximum atomic E-state index is 12.3. The van der Waals surface area contributed by atoms with Gasteiger partial charge in [-0.25, -0.2) is 4.79 Å². The molecule has 1 aromatic rings. The summed E-state index contributed by atoms with van der Waals surface area (Å²) in [4.78, 5) is 18.5. The van der Waals surface area contributed by atoms with E-state index in [0.29, 0.717) is 18.8 Å². The third-order valence-corrected chi connectivity index (χ3v) is 4.94. The highest BCUT2D eigenvalue weighted by atomic mass is 79.9. The van der Waals surface area contributed by atoms with Crippen LogP contribution in [0.3, 0.4) is 0 Å². The highest BCUT2D eigenvalue weighted by Crippen LogP contribution is 2.37.